The molecule has 0 saturated carbocycles. The van der Waals surface area contributed by atoms with Gasteiger partial charge in [0.25, 0.3) is 5.91 Å². The van der Waals surface area contributed by atoms with Crippen molar-refractivity contribution in [1.29, 1.82) is 0 Å². The Morgan fingerprint density at radius 2 is 2.06 bits per heavy atom. The molecule has 2 rings (SSSR count). The van der Waals surface area contributed by atoms with Gasteiger partial charge in [0.15, 0.2) is 0 Å². The summed E-state index contributed by atoms with van der Waals surface area (Å²) < 4.78 is 0. The van der Waals surface area contributed by atoms with Gasteiger partial charge in [-0.15, -0.1) is 0 Å². The third kappa shape index (κ3) is 2.66. The molecule has 1 amide bonds. The number of pyridine rings is 1. The number of nitrogens with two attached hydrogens (primary N) is 1. The molecule has 0 bridgehead atoms. The number of benzene rings is 1. The van der Waals surface area contributed by atoms with Crippen LogP contribution < -0.4 is 11.1 Å². The molecule has 0 saturated heterocycles. The lowest BCUT2D eigenvalue weighted by atomic mass is 10.1. The van der Waals surface area contributed by atoms with E-state index in [2.05, 4.69) is 10.3 Å². The third-order valence-electron chi connectivity index (χ3n) is 2.74. The normalized spacial score (nSPS) is 11.8. The lowest BCUT2D eigenvalue weighted by Crippen LogP contribution is -2.27. The largest absolute Gasteiger partial charge is 0.398 e. The third-order valence-corrected chi connectivity index (χ3v) is 2.74. The van der Waals surface area contributed by atoms with Crippen molar-refractivity contribution in [1.82, 2.24) is 10.3 Å². The number of rotatable bonds is 3. The number of hydrogen-bond donors (Lipinski definition) is 2. The molecule has 1 aromatic carbocycles. The van der Waals surface area contributed by atoms with Crippen LogP contribution in [0.15, 0.2) is 48.8 Å². The van der Waals surface area contributed by atoms with E-state index in [1.54, 1.807) is 36.7 Å². The molecule has 0 radical (unpaired) electrons. The number of nitrogens with one attached hydrogen (secondary N) is 1. The van der Waals surface area contributed by atoms with Gasteiger partial charge in [0.1, 0.15) is 0 Å². The SMILES string of the molecule is C[C@@H](NC(=O)c1ccccc1N)c1cccnc1. The van der Waals surface area contributed by atoms with Crippen LogP contribution in [0, 0.1) is 0 Å². The fraction of sp³-hybridized carbons (Fsp3) is 0.143. The lowest BCUT2D eigenvalue weighted by Gasteiger charge is -2.14. The van der Waals surface area contributed by atoms with Crippen molar-refractivity contribution in [2.75, 3.05) is 5.73 Å². The second-order valence-electron chi connectivity index (χ2n) is 4.07. The van der Waals surface area contributed by atoms with Gasteiger partial charge in [-0.1, -0.05) is 18.2 Å². The first-order chi connectivity index (χ1) is 8.68. The van der Waals surface area contributed by atoms with Gasteiger partial charge in [-0.05, 0) is 30.7 Å². The van der Waals surface area contributed by atoms with Gasteiger partial charge in [0.2, 0.25) is 0 Å². The Labute approximate surface area is 106 Å². The number of nitrogen functional groups attached to an aromatic ring is 1. The molecular weight excluding hydrogens is 226 g/mol. The Morgan fingerprint density at radius 3 is 2.72 bits per heavy atom. The second-order valence-corrected chi connectivity index (χ2v) is 4.07. The molecule has 1 aromatic heterocycles. The molecule has 2 aromatic rings. The summed E-state index contributed by atoms with van der Waals surface area (Å²) in [7, 11) is 0. The first kappa shape index (κ1) is 12.1. The van der Waals surface area contributed by atoms with Crippen LogP contribution >= 0.6 is 0 Å². The van der Waals surface area contributed by atoms with Gasteiger partial charge in [-0.2, -0.15) is 0 Å². The Balaban J connectivity index is 2.11. The maximum Gasteiger partial charge on any atom is 0.253 e. The quantitative estimate of drug-likeness (QED) is 0.809. The number of amides is 1. The van der Waals surface area contributed by atoms with E-state index in [9.17, 15) is 4.79 Å². The van der Waals surface area contributed by atoms with Gasteiger partial charge < -0.3 is 11.1 Å². The van der Waals surface area contributed by atoms with Crippen LogP contribution in [0.25, 0.3) is 0 Å². The summed E-state index contributed by atoms with van der Waals surface area (Å²) >= 11 is 0. The number of carbonyl (C=O) groups is 1. The van der Waals surface area contributed by atoms with Gasteiger partial charge in [-0.3, -0.25) is 9.78 Å². The Morgan fingerprint density at radius 1 is 1.28 bits per heavy atom. The van der Waals surface area contributed by atoms with E-state index in [4.69, 9.17) is 5.73 Å². The van der Waals surface area contributed by atoms with E-state index in [0.29, 0.717) is 11.3 Å². The first-order valence-corrected chi connectivity index (χ1v) is 5.74. The molecule has 0 aliphatic carbocycles. The van der Waals surface area contributed by atoms with E-state index in [1.807, 2.05) is 19.1 Å². The minimum atomic E-state index is -0.176. The van der Waals surface area contributed by atoms with E-state index in [0.717, 1.165) is 5.56 Å². The van der Waals surface area contributed by atoms with Crippen LogP contribution in [-0.2, 0) is 0 Å². The summed E-state index contributed by atoms with van der Waals surface area (Å²) in [6, 6.07) is 10.7. The zero-order chi connectivity index (χ0) is 13.0. The lowest BCUT2D eigenvalue weighted by molar-refractivity contribution is 0.0941. The smallest absolute Gasteiger partial charge is 0.253 e. The number of nitrogens with zero attached hydrogens (tertiary/aromatic N) is 1. The molecule has 1 heterocycles. The van der Waals surface area contributed by atoms with Crippen LogP contribution in [0.1, 0.15) is 28.9 Å². The van der Waals surface area contributed by atoms with E-state index < -0.39 is 0 Å². The number of anilines is 1. The summed E-state index contributed by atoms with van der Waals surface area (Å²) in [6.07, 6.45) is 3.44. The molecular formula is C14H15N3O. The predicted octanol–water partition coefficient (Wildman–Crippen LogP) is 2.15. The first-order valence-electron chi connectivity index (χ1n) is 5.74. The molecule has 0 unspecified atom stereocenters. The van der Waals surface area contributed by atoms with E-state index in [1.165, 1.54) is 0 Å². The molecule has 0 fully saturated rings. The molecule has 1 atom stereocenters. The number of aromatic nitrogens is 1. The molecule has 4 heteroatoms. The molecule has 4 nitrogen and oxygen atoms in total. The topological polar surface area (TPSA) is 68.0 Å². The van der Waals surface area contributed by atoms with E-state index in [-0.39, 0.29) is 11.9 Å². The van der Waals surface area contributed by atoms with Crippen molar-refractivity contribution >= 4 is 11.6 Å². The zero-order valence-corrected chi connectivity index (χ0v) is 10.1. The highest BCUT2D eigenvalue weighted by molar-refractivity contribution is 5.99. The fourth-order valence-corrected chi connectivity index (χ4v) is 1.69. The standard InChI is InChI=1S/C14H15N3O/c1-10(11-5-4-8-16-9-11)17-14(18)12-6-2-3-7-13(12)15/h2-10H,15H2,1H3,(H,17,18)/t10-/m1/s1. The van der Waals surface area contributed by atoms with Crippen LogP contribution in [0.2, 0.25) is 0 Å². The highest BCUT2D eigenvalue weighted by Crippen LogP contribution is 2.14. The van der Waals surface area contributed by atoms with Crippen LogP contribution in [0.5, 0.6) is 0 Å². The fourth-order valence-electron chi connectivity index (χ4n) is 1.69. The second kappa shape index (κ2) is 5.31. The number of carbonyl (C=O) groups excluding carboxylic acids is 1. The van der Waals surface area contributed by atoms with Crippen molar-refractivity contribution in [3.05, 3.63) is 59.9 Å². The van der Waals surface area contributed by atoms with Gasteiger partial charge >= 0.3 is 0 Å². The zero-order valence-electron chi connectivity index (χ0n) is 10.1. The minimum Gasteiger partial charge on any atom is -0.398 e. The monoisotopic (exact) mass is 241 g/mol. The summed E-state index contributed by atoms with van der Waals surface area (Å²) in [5.74, 6) is -0.176. The number of para-hydroxylation sites is 1. The van der Waals surface area contributed by atoms with Gasteiger partial charge in [0, 0.05) is 18.1 Å². The summed E-state index contributed by atoms with van der Waals surface area (Å²) in [5, 5.41) is 2.89. The molecule has 3 N–H and O–H groups in total. The Bertz CT molecular complexity index is 540. The molecule has 0 aliphatic rings. The van der Waals surface area contributed by atoms with Crippen LogP contribution in [-0.4, -0.2) is 10.9 Å². The maximum atomic E-state index is 12.0. The molecule has 0 spiro atoms. The van der Waals surface area contributed by atoms with Crippen LogP contribution in [0.3, 0.4) is 0 Å². The van der Waals surface area contributed by atoms with Crippen LogP contribution in [0.4, 0.5) is 5.69 Å². The highest BCUT2D eigenvalue weighted by atomic mass is 16.1. The summed E-state index contributed by atoms with van der Waals surface area (Å²) in [5.41, 5.74) is 7.70. The van der Waals surface area contributed by atoms with Crippen molar-refractivity contribution in [3.63, 3.8) is 0 Å². The molecule has 92 valence electrons. The van der Waals surface area contributed by atoms with Crippen molar-refractivity contribution < 1.29 is 4.79 Å². The minimum absolute atomic E-state index is 0.106. The average molecular weight is 241 g/mol. The maximum absolute atomic E-state index is 12.0. The van der Waals surface area contributed by atoms with Gasteiger partial charge in [-0.25, -0.2) is 0 Å². The Kier molecular flexibility index (Phi) is 3.57. The summed E-state index contributed by atoms with van der Waals surface area (Å²) in [4.78, 5) is 16.1. The van der Waals surface area contributed by atoms with Crippen molar-refractivity contribution in [2.45, 2.75) is 13.0 Å². The average Bonchev–Trinajstić information content (AvgIpc) is 2.40. The van der Waals surface area contributed by atoms with E-state index >= 15 is 0 Å². The predicted molar refractivity (Wildman–Crippen MR) is 71.0 cm³/mol. The van der Waals surface area contributed by atoms with Crippen molar-refractivity contribution in [2.24, 2.45) is 0 Å². The Hall–Kier alpha value is -2.36. The highest BCUT2D eigenvalue weighted by Gasteiger charge is 2.13. The molecule has 18 heavy (non-hydrogen) atoms. The molecule has 0 aliphatic heterocycles. The number of hydrogen-bond acceptors (Lipinski definition) is 3. The van der Waals surface area contributed by atoms with Gasteiger partial charge in [0.05, 0.1) is 11.6 Å². The van der Waals surface area contributed by atoms with Crippen molar-refractivity contribution in [3.8, 4) is 0 Å². The summed E-state index contributed by atoms with van der Waals surface area (Å²) in [6.45, 7) is 1.91.